The molecule has 0 heterocycles. The predicted octanol–water partition coefficient (Wildman–Crippen LogP) is 1.75. The smallest absolute Gasteiger partial charge is 0.271 e. The van der Waals surface area contributed by atoms with Gasteiger partial charge in [-0.1, -0.05) is 23.2 Å². The number of nitrogens with two attached hydrogens (primary N) is 1. The Morgan fingerprint density at radius 3 is 2.07 bits per heavy atom. The fourth-order valence-electron chi connectivity index (χ4n) is 0.779. The van der Waals surface area contributed by atoms with Crippen LogP contribution in [0.5, 0.6) is 0 Å². The van der Waals surface area contributed by atoms with Gasteiger partial charge in [-0.2, -0.15) is 8.42 Å². The van der Waals surface area contributed by atoms with Crippen LogP contribution in [0.3, 0.4) is 0 Å². The highest BCUT2D eigenvalue weighted by Gasteiger charge is 2.09. The van der Waals surface area contributed by atoms with Crippen molar-refractivity contribution in [3.8, 4) is 0 Å². The minimum atomic E-state index is -3.91. The number of anilines is 1. The summed E-state index contributed by atoms with van der Waals surface area (Å²) in [7, 11) is -3.91. The van der Waals surface area contributed by atoms with Crippen LogP contribution in [0.2, 0.25) is 10.0 Å². The molecular weight excluding hydrogens is 254 g/mol. The van der Waals surface area contributed by atoms with Gasteiger partial charge in [-0.3, -0.25) is 4.72 Å². The molecule has 8 heteroatoms. The van der Waals surface area contributed by atoms with Crippen molar-refractivity contribution in [1.29, 1.82) is 0 Å². The van der Waals surface area contributed by atoms with Gasteiger partial charge < -0.3 is 0 Å². The first-order valence-corrected chi connectivity index (χ1v) is 5.55. The van der Waals surface area contributed by atoms with Crippen molar-refractivity contribution in [3.63, 3.8) is 0 Å². The molecule has 78 valence electrons. The summed E-state index contributed by atoms with van der Waals surface area (Å²) in [5, 5.41) is 4.11. The first kappa shape index (κ1) is 11.5. The molecule has 14 heavy (non-hydrogen) atoms. The molecule has 4 nitrogen and oxygen atoms in total. The zero-order valence-electron chi connectivity index (χ0n) is 6.59. The predicted molar refractivity (Wildman–Crippen MR) is 53.1 cm³/mol. The summed E-state index contributed by atoms with van der Waals surface area (Å²) in [6, 6.07) is 2.13. The first-order chi connectivity index (χ1) is 6.29. The van der Waals surface area contributed by atoms with Crippen LogP contribution in [0, 0.1) is 5.82 Å². The van der Waals surface area contributed by atoms with Gasteiger partial charge in [0.1, 0.15) is 0 Å². The van der Waals surface area contributed by atoms with E-state index in [1.165, 1.54) is 0 Å². The van der Waals surface area contributed by atoms with Gasteiger partial charge in [-0.15, -0.1) is 0 Å². The van der Waals surface area contributed by atoms with Crippen LogP contribution in [0.25, 0.3) is 0 Å². The summed E-state index contributed by atoms with van der Waals surface area (Å²) in [5.41, 5.74) is 0.00361. The summed E-state index contributed by atoms with van der Waals surface area (Å²) >= 11 is 10.8. The summed E-state index contributed by atoms with van der Waals surface area (Å²) in [4.78, 5) is 0. The van der Waals surface area contributed by atoms with Gasteiger partial charge in [0.25, 0.3) is 10.2 Å². The molecule has 3 N–H and O–H groups in total. The third-order valence-corrected chi connectivity index (χ3v) is 2.31. The number of halogens is 3. The molecule has 0 aliphatic rings. The standard InChI is InChI=1S/C6H5Cl2FN2O2S/c7-4-1-3(11-14(10,12)13)2-5(8)6(4)9/h1-2,11H,(H2,10,12,13). The topological polar surface area (TPSA) is 72.2 Å². The van der Waals surface area contributed by atoms with E-state index >= 15 is 0 Å². The van der Waals surface area contributed by atoms with Crippen molar-refractivity contribution in [2.24, 2.45) is 5.14 Å². The fourth-order valence-corrected chi connectivity index (χ4v) is 1.71. The van der Waals surface area contributed by atoms with E-state index in [0.29, 0.717) is 0 Å². The minimum Gasteiger partial charge on any atom is -0.271 e. The molecule has 0 amide bonds. The Morgan fingerprint density at radius 2 is 1.71 bits per heavy atom. The lowest BCUT2D eigenvalue weighted by Crippen LogP contribution is -2.21. The molecule has 0 bridgehead atoms. The van der Waals surface area contributed by atoms with Crippen molar-refractivity contribution in [3.05, 3.63) is 28.0 Å². The molecular formula is C6H5Cl2FN2O2S. The maximum atomic E-state index is 12.9. The van der Waals surface area contributed by atoms with Crippen LogP contribution in [0.1, 0.15) is 0 Å². The summed E-state index contributed by atoms with van der Waals surface area (Å²) in [6.07, 6.45) is 0. The number of rotatable bonds is 2. The summed E-state index contributed by atoms with van der Waals surface area (Å²) < 4.78 is 36.0. The second-order valence-corrected chi connectivity index (χ2v) is 4.51. The van der Waals surface area contributed by atoms with Crippen molar-refractivity contribution in [1.82, 2.24) is 0 Å². The third kappa shape index (κ3) is 2.98. The highest BCUT2D eigenvalue weighted by molar-refractivity contribution is 7.90. The second-order valence-electron chi connectivity index (χ2n) is 2.40. The normalized spacial score (nSPS) is 11.4. The van der Waals surface area contributed by atoms with Crippen LogP contribution >= 0.6 is 23.2 Å². The van der Waals surface area contributed by atoms with Gasteiger partial charge in [-0.25, -0.2) is 9.53 Å². The van der Waals surface area contributed by atoms with Crippen molar-refractivity contribution in [2.75, 3.05) is 4.72 Å². The molecule has 0 saturated heterocycles. The van der Waals surface area contributed by atoms with E-state index in [-0.39, 0.29) is 15.7 Å². The van der Waals surface area contributed by atoms with Crippen molar-refractivity contribution in [2.45, 2.75) is 0 Å². The lowest BCUT2D eigenvalue weighted by atomic mass is 10.3. The van der Waals surface area contributed by atoms with Crippen LogP contribution in [0.15, 0.2) is 12.1 Å². The highest BCUT2D eigenvalue weighted by Crippen LogP contribution is 2.27. The van der Waals surface area contributed by atoms with Gasteiger partial charge in [0.05, 0.1) is 15.7 Å². The lowest BCUT2D eigenvalue weighted by molar-refractivity contribution is 0.602. The Morgan fingerprint density at radius 1 is 1.29 bits per heavy atom. The van der Waals surface area contributed by atoms with E-state index in [4.69, 9.17) is 23.2 Å². The third-order valence-electron chi connectivity index (χ3n) is 1.24. The number of benzene rings is 1. The molecule has 0 radical (unpaired) electrons. The molecule has 0 atom stereocenters. The zero-order chi connectivity index (χ0) is 10.9. The van der Waals surface area contributed by atoms with Crippen LogP contribution in [0.4, 0.5) is 10.1 Å². The van der Waals surface area contributed by atoms with Crippen LogP contribution in [-0.2, 0) is 10.2 Å². The number of hydrogen-bond donors (Lipinski definition) is 2. The van der Waals surface area contributed by atoms with E-state index in [1.807, 2.05) is 4.72 Å². The molecule has 0 unspecified atom stereocenters. The summed E-state index contributed by atoms with van der Waals surface area (Å²) in [6.45, 7) is 0. The molecule has 1 aromatic rings. The van der Waals surface area contributed by atoms with E-state index in [0.717, 1.165) is 12.1 Å². The maximum Gasteiger partial charge on any atom is 0.296 e. The fraction of sp³-hybridized carbons (Fsp3) is 0. The number of hydrogen-bond acceptors (Lipinski definition) is 2. The average Bonchev–Trinajstić information content (AvgIpc) is 1.96. The van der Waals surface area contributed by atoms with Gasteiger partial charge in [0.2, 0.25) is 0 Å². The van der Waals surface area contributed by atoms with E-state index in [9.17, 15) is 12.8 Å². The molecule has 0 saturated carbocycles. The Labute approximate surface area is 90.0 Å². The van der Waals surface area contributed by atoms with Gasteiger partial charge in [0.15, 0.2) is 5.82 Å². The lowest BCUT2D eigenvalue weighted by Gasteiger charge is -2.05. The van der Waals surface area contributed by atoms with Gasteiger partial charge >= 0.3 is 0 Å². The Balaban J connectivity index is 3.14. The zero-order valence-corrected chi connectivity index (χ0v) is 8.92. The average molecular weight is 259 g/mol. The van der Waals surface area contributed by atoms with Crippen LogP contribution < -0.4 is 9.86 Å². The molecule has 1 aromatic carbocycles. The van der Waals surface area contributed by atoms with Crippen molar-refractivity contribution >= 4 is 39.1 Å². The SMILES string of the molecule is NS(=O)(=O)Nc1cc(Cl)c(F)c(Cl)c1. The monoisotopic (exact) mass is 258 g/mol. The number of nitrogens with one attached hydrogen (secondary N) is 1. The van der Waals surface area contributed by atoms with E-state index in [1.54, 1.807) is 0 Å². The van der Waals surface area contributed by atoms with E-state index in [2.05, 4.69) is 5.14 Å². The molecule has 0 aromatic heterocycles. The first-order valence-electron chi connectivity index (χ1n) is 3.24. The largest absolute Gasteiger partial charge is 0.296 e. The highest BCUT2D eigenvalue weighted by atomic mass is 35.5. The quantitative estimate of drug-likeness (QED) is 0.794. The molecule has 1 rings (SSSR count). The minimum absolute atomic E-state index is 0.00361. The second kappa shape index (κ2) is 3.90. The Kier molecular flexibility index (Phi) is 3.20. The van der Waals surface area contributed by atoms with E-state index < -0.39 is 16.0 Å². The van der Waals surface area contributed by atoms with Crippen molar-refractivity contribution < 1.29 is 12.8 Å². The Hall–Kier alpha value is -0.560. The summed E-state index contributed by atoms with van der Waals surface area (Å²) in [5.74, 6) is -0.812. The molecule has 0 aliphatic heterocycles. The Bertz CT molecular complexity index is 440. The maximum absolute atomic E-state index is 12.9. The molecule has 0 fully saturated rings. The van der Waals surface area contributed by atoms with Gasteiger partial charge in [0, 0.05) is 0 Å². The van der Waals surface area contributed by atoms with Gasteiger partial charge in [-0.05, 0) is 12.1 Å². The molecule has 0 spiro atoms. The van der Waals surface area contributed by atoms with Crippen LogP contribution in [-0.4, -0.2) is 8.42 Å². The molecule has 0 aliphatic carbocycles.